The van der Waals surface area contributed by atoms with Crippen molar-refractivity contribution in [2.24, 2.45) is 5.73 Å². The van der Waals surface area contributed by atoms with Crippen LogP contribution in [0.15, 0.2) is 24.3 Å². The molecule has 106 valence electrons. The molecular weight excluding hydrogens is 240 g/mol. The highest BCUT2D eigenvalue weighted by Gasteiger charge is 2.16. The van der Waals surface area contributed by atoms with Crippen LogP contribution in [-0.2, 0) is 11.2 Å². The van der Waals surface area contributed by atoms with E-state index in [1.807, 2.05) is 38.1 Å². The zero-order valence-corrected chi connectivity index (χ0v) is 12.0. The number of benzene rings is 1. The molecule has 0 aliphatic carbocycles. The lowest BCUT2D eigenvalue weighted by molar-refractivity contribution is -0.120. The molecule has 1 unspecified atom stereocenters. The van der Waals surface area contributed by atoms with E-state index in [0.29, 0.717) is 13.0 Å². The van der Waals surface area contributed by atoms with Crippen molar-refractivity contribution in [3.63, 3.8) is 0 Å². The van der Waals surface area contributed by atoms with Gasteiger partial charge in [-0.15, -0.1) is 0 Å². The Kier molecular flexibility index (Phi) is 6.36. The van der Waals surface area contributed by atoms with Crippen molar-refractivity contribution < 1.29 is 9.53 Å². The van der Waals surface area contributed by atoms with Crippen LogP contribution < -0.4 is 15.8 Å². The van der Waals surface area contributed by atoms with Crippen LogP contribution >= 0.6 is 0 Å². The Balaban J connectivity index is 2.49. The van der Waals surface area contributed by atoms with Crippen LogP contribution in [0.5, 0.6) is 5.75 Å². The Morgan fingerprint density at radius 1 is 1.37 bits per heavy atom. The summed E-state index contributed by atoms with van der Waals surface area (Å²) in [5.41, 5.74) is 6.54. The maximum absolute atomic E-state index is 11.3. The fraction of sp³-hybridized carbons (Fsp3) is 0.533. The highest BCUT2D eigenvalue weighted by Crippen LogP contribution is 2.18. The monoisotopic (exact) mass is 264 g/mol. The first-order chi connectivity index (χ1) is 9.04. The van der Waals surface area contributed by atoms with Gasteiger partial charge < -0.3 is 15.8 Å². The molecule has 3 N–H and O–H groups in total. The van der Waals surface area contributed by atoms with Crippen molar-refractivity contribution in [2.75, 3.05) is 6.61 Å². The molecule has 1 aromatic rings. The predicted molar refractivity (Wildman–Crippen MR) is 77.2 cm³/mol. The van der Waals surface area contributed by atoms with E-state index in [-0.39, 0.29) is 18.0 Å². The summed E-state index contributed by atoms with van der Waals surface area (Å²) in [5, 5.41) is 3.14. The molecule has 19 heavy (non-hydrogen) atoms. The Bertz CT molecular complexity index is 405. The van der Waals surface area contributed by atoms with Crippen LogP contribution in [0.4, 0.5) is 0 Å². The van der Waals surface area contributed by atoms with E-state index in [1.165, 1.54) is 5.56 Å². The first kappa shape index (κ1) is 15.5. The minimum atomic E-state index is -0.339. The van der Waals surface area contributed by atoms with Gasteiger partial charge in [0.2, 0.25) is 5.91 Å². The molecule has 0 aliphatic rings. The van der Waals surface area contributed by atoms with Crippen molar-refractivity contribution >= 4 is 5.91 Å². The Morgan fingerprint density at radius 3 is 2.63 bits per heavy atom. The maximum atomic E-state index is 11.3. The van der Waals surface area contributed by atoms with Gasteiger partial charge >= 0.3 is 0 Å². The Labute approximate surface area is 115 Å². The molecule has 0 spiro atoms. The summed E-state index contributed by atoms with van der Waals surface area (Å²) in [4.78, 5) is 11.3. The van der Waals surface area contributed by atoms with Crippen LogP contribution in [-0.4, -0.2) is 24.6 Å². The molecule has 0 fully saturated rings. The van der Waals surface area contributed by atoms with E-state index in [4.69, 9.17) is 10.5 Å². The number of aryl methyl sites for hydroxylation is 1. The molecule has 1 rings (SSSR count). The van der Waals surface area contributed by atoms with Crippen LogP contribution in [0.1, 0.15) is 32.8 Å². The van der Waals surface area contributed by atoms with Gasteiger partial charge in [-0.3, -0.25) is 4.79 Å². The van der Waals surface area contributed by atoms with Gasteiger partial charge in [0.25, 0.3) is 0 Å². The van der Waals surface area contributed by atoms with E-state index in [0.717, 1.165) is 12.2 Å². The fourth-order valence-corrected chi connectivity index (χ4v) is 1.93. The molecule has 4 nitrogen and oxygen atoms in total. The van der Waals surface area contributed by atoms with Crippen LogP contribution in [0.3, 0.4) is 0 Å². The number of hydrogen-bond donors (Lipinski definition) is 2. The highest BCUT2D eigenvalue weighted by molar-refractivity contribution is 5.79. The van der Waals surface area contributed by atoms with E-state index < -0.39 is 0 Å². The Morgan fingerprint density at radius 2 is 2.05 bits per heavy atom. The van der Waals surface area contributed by atoms with E-state index in [1.54, 1.807) is 0 Å². The number of para-hydroxylation sites is 1. The third-order valence-electron chi connectivity index (χ3n) is 2.90. The molecule has 1 aromatic carbocycles. The van der Waals surface area contributed by atoms with Crippen LogP contribution in [0.2, 0.25) is 0 Å². The molecule has 1 atom stereocenters. The number of carbonyl (C=O) groups is 1. The lowest BCUT2D eigenvalue weighted by atomic mass is 10.1. The zero-order valence-electron chi connectivity index (χ0n) is 12.0. The van der Waals surface area contributed by atoms with Gasteiger partial charge in [0.05, 0.1) is 12.6 Å². The summed E-state index contributed by atoms with van der Waals surface area (Å²) in [7, 11) is 0. The van der Waals surface area contributed by atoms with Gasteiger partial charge in [-0.2, -0.15) is 0 Å². The van der Waals surface area contributed by atoms with Crippen molar-refractivity contribution in [1.82, 2.24) is 5.32 Å². The SMILES string of the molecule is CCc1ccccc1OCCC(NC(C)C)C(N)=O. The standard InChI is InChI=1S/C15H24N2O2/c1-4-12-7-5-6-8-14(12)19-10-9-13(15(16)18)17-11(2)3/h5-8,11,13,17H,4,9-10H2,1-3H3,(H2,16,18). The molecule has 0 saturated heterocycles. The summed E-state index contributed by atoms with van der Waals surface area (Å²) in [6.45, 7) is 6.55. The minimum Gasteiger partial charge on any atom is -0.493 e. The van der Waals surface area contributed by atoms with Crippen molar-refractivity contribution in [1.29, 1.82) is 0 Å². The number of carbonyl (C=O) groups excluding carboxylic acids is 1. The third kappa shape index (κ3) is 5.30. The number of ether oxygens (including phenoxy) is 1. The average Bonchev–Trinajstić information content (AvgIpc) is 2.37. The molecule has 0 radical (unpaired) electrons. The Hall–Kier alpha value is -1.55. The number of hydrogen-bond acceptors (Lipinski definition) is 3. The molecule has 0 aromatic heterocycles. The number of nitrogens with one attached hydrogen (secondary N) is 1. The average molecular weight is 264 g/mol. The van der Waals surface area contributed by atoms with Crippen molar-refractivity contribution in [3.8, 4) is 5.75 Å². The molecule has 0 aliphatic heterocycles. The second-order valence-corrected chi connectivity index (χ2v) is 4.87. The van der Waals surface area contributed by atoms with Gasteiger partial charge in [-0.25, -0.2) is 0 Å². The lowest BCUT2D eigenvalue weighted by Crippen LogP contribution is -2.45. The van der Waals surface area contributed by atoms with Crippen molar-refractivity contribution in [2.45, 2.75) is 45.7 Å². The minimum absolute atomic E-state index is 0.223. The molecule has 0 bridgehead atoms. The second kappa shape index (κ2) is 7.79. The van der Waals surface area contributed by atoms with Gasteiger partial charge in [-0.05, 0) is 18.1 Å². The molecular formula is C15H24N2O2. The smallest absolute Gasteiger partial charge is 0.234 e. The van der Waals surface area contributed by atoms with Gasteiger partial charge in [0.15, 0.2) is 0 Å². The molecule has 0 heterocycles. The first-order valence-corrected chi connectivity index (χ1v) is 6.80. The number of nitrogens with two attached hydrogens (primary N) is 1. The number of rotatable bonds is 8. The van der Waals surface area contributed by atoms with Crippen LogP contribution in [0.25, 0.3) is 0 Å². The third-order valence-corrected chi connectivity index (χ3v) is 2.90. The van der Waals surface area contributed by atoms with Gasteiger partial charge in [0, 0.05) is 12.5 Å². The highest BCUT2D eigenvalue weighted by atomic mass is 16.5. The van der Waals surface area contributed by atoms with Crippen LogP contribution in [0, 0.1) is 0 Å². The maximum Gasteiger partial charge on any atom is 0.234 e. The number of primary amides is 1. The largest absolute Gasteiger partial charge is 0.493 e. The summed E-state index contributed by atoms with van der Waals surface area (Å²) >= 11 is 0. The summed E-state index contributed by atoms with van der Waals surface area (Å²) in [5.74, 6) is 0.554. The number of amides is 1. The zero-order chi connectivity index (χ0) is 14.3. The van der Waals surface area contributed by atoms with Crippen molar-refractivity contribution in [3.05, 3.63) is 29.8 Å². The van der Waals surface area contributed by atoms with Gasteiger partial charge in [0.1, 0.15) is 5.75 Å². The normalized spacial score (nSPS) is 12.4. The predicted octanol–water partition coefficient (Wildman–Crippen LogP) is 1.87. The van der Waals surface area contributed by atoms with E-state index in [9.17, 15) is 4.79 Å². The lowest BCUT2D eigenvalue weighted by Gasteiger charge is -2.18. The second-order valence-electron chi connectivity index (χ2n) is 4.87. The molecule has 1 amide bonds. The van der Waals surface area contributed by atoms with E-state index >= 15 is 0 Å². The summed E-state index contributed by atoms with van der Waals surface area (Å²) < 4.78 is 5.74. The quantitative estimate of drug-likeness (QED) is 0.753. The topological polar surface area (TPSA) is 64.3 Å². The van der Waals surface area contributed by atoms with Gasteiger partial charge in [-0.1, -0.05) is 39.0 Å². The summed E-state index contributed by atoms with van der Waals surface area (Å²) in [6, 6.07) is 7.83. The van der Waals surface area contributed by atoms with E-state index in [2.05, 4.69) is 12.2 Å². The first-order valence-electron chi connectivity index (χ1n) is 6.80. The fourth-order valence-electron chi connectivity index (χ4n) is 1.93. The molecule has 0 saturated carbocycles. The summed E-state index contributed by atoms with van der Waals surface area (Å²) in [6.07, 6.45) is 1.51. The molecule has 4 heteroatoms.